The maximum Gasteiger partial charge on any atom is 0.348 e. The van der Waals surface area contributed by atoms with E-state index in [2.05, 4.69) is 9.88 Å². The van der Waals surface area contributed by atoms with E-state index in [4.69, 9.17) is 9.15 Å². The number of furan rings is 1. The highest BCUT2D eigenvalue weighted by atomic mass is 16.5. The van der Waals surface area contributed by atoms with Crippen LogP contribution in [0.15, 0.2) is 59.5 Å². The number of piperidine rings is 1. The molecule has 1 fully saturated rings. The largest absolute Gasteiger partial charge is 0.478 e. The Bertz CT molecular complexity index is 899. The fourth-order valence-corrected chi connectivity index (χ4v) is 3.42. The first-order valence-electron chi connectivity index (χ1n) is 8.65. The van der Waals surface area contributed by atoms with E-state index in [9.17, 15) is 9.90 Å². The molecule has 0 saturated carbocycles. The van der Waals surface area contributed by atoms with Gasteiger partial charge in [0.15, 0.2) is 0 Å². The third kappa shape index (κ3) is 3.28. The van der Waals surface area contributed by atoms with Crippen molar-refractivity contribution in [1.29, 1.82) is 0 Å². The summed E-state index contributed by atoms with van der Waals surface area (Å²) in [6.45, 7) is 2.08. The van der Waals surface area contributed by atoms with Gasteiger partial charge >= 0.3 is 5.97 Å². The average Bonchev–Trinajstić information content (AvgIpc) is 3.16. The fraction of sp³-hybridized carbons (Fsp3) is 0.300. The molecular weight excluding hydrogens is 332 g/mol. The Balaban J connectivity index is 1.49. The van der Waals surface area contributed by atoms with Crippen LogP contribution in [-0.4, -0.2) is 39.7 Å². The smallest absolute Gasteiger partial charge is 0.348 e. The number of fused-ring (bicyclic) bond motifs is 1. The summed E-state index contributed by atoms with van der Waals surface area (Å²) in [6.07, 6.45) is 5.98. The molecule has 0 unspecified atom stereocenters. The first-order chi connectivity index (χ1) is 12.6. The zero-order valence-corrected chi connectivity index (χ0v) is 14.3. The molecule has 2 aromatic heterocycles. The van der Waals surface area contributed by atoms with Gasteiger partial charge in [-0.2, -0.15) is 0 Å². The Morgan fingerprint density at radius 2 is 2.12 bits per heavy atom. The highest BCUT2D eigenvalue weighted by Crippen LogP contribution is 2.31. The molecule has 0 bridgehead atoms. The quantitative estimate of drug-likeness (QED) is 0.759. The molecule has 1 saturated heterocycles. The number of aromatic nitrogens is 1. The van der Waals surface area contributed by atoms with Gasteiger partial charge in [-0.25, -0.2) is 4.79 Å². The molecule has 6 heteroatoms. The number of ether oxygens (including phenoxy) is 1. The fourth-order valence-electron chi connectivity index (χ4n) is 3.42. The molecule has 0 amide bonds. The highest BCUT2D eigenvalue weighted by Gasteiger charge is 2.44. The summed E-state index contributed by atoms with van der Waals surface area (Å²) in [7, 11) is 0. The van der Waals surface area contributed by atoms with Crippen LogP contribution in [0.25, 0.3) is 10.9 Å². The third-order valence-electron chi connectivity index (χ3n) is 4.93. The van der Waals surface area contributed by atoms with Crippen molar-refractivity contribution in [3.05, 3.63) is 60.7 Å². The Hall–Kier alpha value is -2.86. The molecular formula is C20H20N2O4. The van der Waals surface area contributed by atoms with Gasteiger partial charge < -0.3 is 14.3 Å². The Morgan fingerprint density at radius 1 is 1.27 bits per heavy atom. The number of nitrogens with zero attached hydrogens (tertiary/aromatic N) is 2. The molecule has 0 aliphatic carbocycles. The number of likely N-dealkylation sites (tertiary alicyclic amines) is 1. The molecule has 3 heterocycles. The minimum absolute atomic E-state index is 0.436. The Kier molecular flexibility index (Phi) is 4.34. The van der Waals surface area contributed by atoms with E-state index < -0.39 is 11.6 Å². The molecule has 6 nitrogen and oxygen atoms in total. The molecule has 134 valence electrons. The van der Waals surface area contributed by atoms with E-state index in [1.165, 1.54) is 0 Å². The Labute approximate surface area is 151 Å². The van der Waals surface area contributed by atoms with Gasteiger partial charge in [-0.1, -0.05) is 6.07 Å². The molecule has 1 aliphatic rings. The Morgan fingerprint density at radius 3 is 2.85 bits per heavy atom. The molecule has 1 N–H and O–H groups in total. The number of hydrogen-bond donors (Lipinski definition) is 1. The predicted molar refractivity (Wildman–Crippen MR) is 96.0 cm³/mol. The van der Waals surface area contributed by atoms with Crippen molar-refractivity contribution in [3.8, 4) is 5.75 Å². The van der Waals surface area contributed by atoms with Crippen LogP contribution >= 0.6 is 0 Å². The van der Waals surface area contributed by atoms with Crippen molar-refractivity contribution in [2.45, 2.75) is 25.0 Å². The molecule has 0 atom stereocenters. The number of rotatable bonds is 5. The monoisotopic (exact) mass is 352 g/mol. The minimum Gasteiger partial charge on any atom is -0.478 e. The summed E-state index contributed by atoms with van der Waals surface area (Å²) < 4.78 is 11.1. The minimum atomic E-state index is -1.19. The standard InChI is InChI=1S/C20H20N2O4/c23-19(24)20(6-9-22(10-7-20)13-15-5-11-25-14-15)26-17-3-4-18-16(12-17)2-1-8-21-18/h1-5,8,11-12,14H,6-7,9-10,13H2,(H,23,24). The van der Waals surface area contributed by atoms with Crippen molar-refractivity contribution >= 4 is 16.9 Å². The lowest BCUT2D eigenvalue weighted by atomic mass is 9.90. The molecule has 1 aromatic carbocycles. The van der Waals surface area contributed by atoms with E-state index in [0.717, 1.165) is 23.0 Å². The topological polar surface area (TPSA) is 75.8 Å². The maximum atomic E-state index is 12.0. The van der Waals surface area contributed by atoms with Crippen LogP contribution in [0.1, 0.15) is 18.4 Å². The van der Waals surface area contributed by atoms with Crippen LogP contribution in [0.3, 0.4) is 0 Å². The van der Waals surface area contributed by atoms with Gasteiger partial charge in [0.05, 0.1) is 18.0 Å². The molecule has 3 aromatic rings. The van der Waals surface area contributed by atoms with Gasteiger partial charge in [0, 0.05) is 49.6 Å². The highest BCUT2D eigenvalue weighted by molar-refractivity contribution is 5.81. The number of hydrogen-bond acceptors (Lipinski definition) is 5. The van der Waals surface area contributed by atoms with Crippen molar-refractivity contribution in [2.24, 2.45) is 0 Å². The van der Waals surface area contributed by atoms with Crippen molar-refractivity contribution in [2.75, 3.05) is 13.1 Å². The molecule has 4 rings (SSSR count). The summed E-state index contributed by atoms with van der Waals surface area (Å²) in [6, 6.07) is 11.2. The first-order valence-corrected chi connectivity index (χ1v) is 8.65. The zero-order chi connectivity index (χ0) is 18.0. The number of carboxylic acids is 1. The van der Waals surface area contributed by atoms with Crippen molar-refractivity contribution in [3.63, 3.8) is 0 Å². The summed E-state index contributed by atoms with van der Waals surface area (Å²) in [5.74, 6) is -0.345. The summed E-state index contributed by atoms with van der Waals surface area (Å²) in [4.78, 5) is 18.5. The van der Waals surface area contributed by atoms with Crippen molar-refractivity contribution in [1.82, 2.24) is 9.88 Å². The van der Waals surface area contributed by atoms with Gasteiger partial charge in [0.1, 0.15) is 5.75 Å². The normalized spacial score (nSPS) is 17.2. The van der Waals surface area contributed by atoms with E-state index in [1.807, 2.05) is 30.3 Å². The molecule has 0 spiro atoms. The van der Waals surface area contributed by atoms with Gasteiger partial charge in [-0.15, -0.1) is 0 Å². The second-order valence-electron chi connectivity index (χ2n) is 6.67. The second kappa shape index (κ2) is 6.80. The van der Waals surface area contributed by atoms with E-state index in [0.29, 0.717) is 31.7 Å². The van der Waals surface area contributed by atoms with Gasteiger partial charge in [0.2, 0.25) is 5.60 Å². The lowest BCUT2D eigenvalue weighted by Crippen LogP contribution is -2.53. The number of aliphatic carboxylic acids is 1. The van der Waals surface area contributed by atoms with E-state index >= 15 is 0 Å². The van der Waals surface area contributed by atoms with E-state index in [1.54, 1.807) is 24.8 Å². The maximum absolute atomic E-state index is 12.0. The van der Waals surface area contributed by atoms with Crippen LogP contribution in [-0.2, 0) is 11.3 Å². The number of pyridine rings is 1. The lowest BCUT2D eigenvalue weighted by molar-refractivity contribution is -0.159. The molecule has 1 aliphatic heterocycles. The van der Waals surface area contributed by atoms with Gasteiger partial charge in [-0.05, 0) is 30.3 Å². The summed E-state index contributed by atoms with van der Waals surface area (Å²) >= 11 is 0. The second-order valence-corrected chi connectivity index (χ2v) is 6.67. The number of carboxylic acid groups (broad SMARTS) is 1. The summed E-state index contributed by atoms with van der Waals surface area (Å²) in [5.41, 5.74) is 0.762. The predicted octanol–water partition coefficient (Wildman–Crippen LogP) is 3.33. The lowest BCUT2D eigenvalue weighted by Gasteiger charge is -2.38. The van der Waals surface area contributed by atoms with E-state index in [-0.39, 0.29) is 0 Å². The van der Waals surface area contributed by atoms with Crippen LogP contribution in [0, 0.1) is 0 Å². The third-order valence-corrected chi connectivity index (χ3v) is 4.93. The molecule has 26 heavy (non-hydrogen) atoms. The average molecular weight is 352 g/mol. The van der Waals surface area contributed by atoms with Crippen molar-refractivity contribution < 1.29 is 19.1 Å². The molecule has 0 radical (unpaired) electrons. The zero-order valence-electron chi connectivity index (χ0n) is 14.3. The van der Waals surface area contributed by atoms with Crippen LogP contribution in [0.2, 0.25) is 0 Å². The number of benzene rings is 1. The van der Waals surface area contributed by atoms with Crippen LogP contribution in [0.4, 0.5) is 0 Å². The first kappa shape index (κ1) is 16.6. The SMILES string of the molecule is O=C(O)C1(Oc2ccc3ncccc3c2)CCN(Cc2ccoc2)CC1. The van der Waals surface area contributed by atoms with Crippen LogP contribution < -0.4 is 4.74 Å². The van der Waals surface area contributed by atoms with Gasteiger partial charge in [0.25, 0.3) is 0 Å². The summed E-state index contributed by atoms with van der Waals surface area (Å²) in [5, 5.41) is 10.8. The van der Waals surface area contributed by atoms with Gasteiger partial charge in [-0.3, -0.25) is 9.88 Å². The van der Waals surface area contributed by atoms with Crippen LogP contribution in [0.5, 0.6) is 5.75 Å². The number of carbonyl (C=O) groups is 1.